The molecule has 2 N–H and O–H groups in total. The number of hydrogen-bond donors (Lipinski definition) is 2. The molecule has 0 unspecified atom stereocenters. The lowest BCUT2D eigenvalue weighted by Gasteiger charge is -2.25. The number of nitrogens with zero attached hydrogens (tertiary/aromatic N) is 1. The normalized spacial score (nSPS) is 14.5. The molecule has 208 valence electrons. The largest absolute Gasteiger partial charge is 0.484 e. The Morgan fingerprint density at radius 3 is 2.10 bits per heavy atom. The highest BCUT2D eigenvalue weighted by Gasteiger charge is 2.25. The Bertz CT molecular complexity index is 1510. The van der Waals surface area contributed by atoms with Gasteiger partial charge in [-0.05, 0) is 91.9 Å². The van der Waals surface area contributed by atoms with E-state index in [9.17, 15) is 21.6 Å². The summed E-state index contributed by atoms with van der Waals surface area (Å²) in [4.78, 5) is 12.6. The summed E-state index contributed by atoms with van der Waals surface area (Å²) in [5, 5.41) is 2.73. The minimum atomic E-state index is -3.77. The van der Waals surface area contributed by atoms with Gasteiger partial charge in [-0.2, -0.15) is 4.31 Å². The van der Waals surface area contributed by atoms with Crippen LogP contribution >= 0.6 is 0 Å². The molecule has 9 nitrogen and oxygen atoms in total. The van der Waals surface area contributed by atoms with Gasteiger partial charge in [-0.15, -0.1) is 0 Å². The third-order valence-electron chi connectivity index (χ3n) is 6.63. The number of amides is 1. The highest BCUT2D eigenvalue weighted by atomic mass is 32.2. The fourth-order valence-corrected chi connectivity index (χ4v) is 6.73. The Morgan fingerprint density at radius 1 is 0.821 bits per heavy atom. The second kappa shape index (κ2) is 12.2. The zero-order chi connectivity index (χ0) is 28.0. The number of piperidine rings is 1. The van der Waals surface area contributed by atoms with Gasteiger partial charge in [-0.1, -0.05) is 24.6 Å². The van der Waals surface area contributed by atoms with Crippen LogP contribution in [-0.2, 0) is 31.4 Å². The predicted molar refractivity (Wildman–Crippen MR) is 150 cm³/mol. The van der Waals surface area contributed by atoms with Crippen molar-refractivity contribution in [3.05, 3.63) is 83.4 Å². The van der Waals surface area contributed by atoms with Gasteiger partial charge < -0.3 is 10.1 Å². The molecular formula is C28H33N3O6S2. The van der Waals surface area contributed by atoms with Gasteiger partial charge in [-0.3, -0.25) is 9.52 Å². The van der Waals surface area contributed by atoms with Crippen molar-refractivity contribution in [3.8, 4) is 5.75 Å². The zero-order valence-corrected chi connectivity index (χ0v) is 23.6. The van der Waals surface area contributed by atoms with Crippen molar-refractivity contribution in [2.45, 2.75) is 49.4 Å². The first-order valence-corrected chi connectivity index (χ1v) is 15.7. The topological polar surface area (TPSA) is 122 Å². The summed E-state index contributed by atoms with van der Waals surface area (Å²) >= 11 is 0. The molecule has 0 atom stereocenters. The lowest BCUT2D eigenvalue weighted by Crippen LogP contribution is -2.35. The van der Waals surface area contributed by atoms with Crippen molar-refractivity contribution in [3.63, 3.8) is 0 Å². The number of carbonyl (C=O) groups excluding carboxylic acids is 1. The highest BCUT2D eigenvalue weighted by Crippen LogP contribution is 2.22. The molecule has 3 aromatic carbocycles. The highest BCUT2D eigenvalue weighted by molar-refractivity contribution is 7.92. The molecule has 0 aliphatic carbocycles. The van der Waals surface area contributed by atoms with Crippen molar-refractivity contribution in [1.29, 1.82) is 0 Å². The van der Waals surface area contributed by atoms with Crippen LogP contribution in [0.15, 0.2) is 76.5 Å². The molecule has 11 heteroatoms. The van der Waals surface area contributed by atoms with E-state index in [2.05, 4.69) is 10.0 Å². The summed E-state index contributed by atoms with van der Waals surface area (Å²) in [7, 11) is -7.27. The number of sulfonamides is 2. The second-order valence-electron chi connectivity index (χ2n) is 9.55. The van der Waals surface area contributed by atoms with Crippen LogP contribution in [0.2, 0.25) is 0 Å². The molecule has 0 saturated carbocycles. The number of ether oxygens (including phenoxy) is 1. The maximum atomic E-state index is 12.8. The fraction of sp³-hybridized carbons (Fsp3) is 0.321. The minimum absolute atomic E-state index is 0.0725. The SMILES string of the molecule is Cc1ccc(NS(=O)(=O)c2ccc(OCC(=O)NCc3ccc(S(=O)(=O)N4CCCCC4)cc3)cc2)cc1C. The Balaban J connectivity index is 1.26. The standard InChI is InChI=1S/C28H33N3O6S2/c1-21-6-9-24(18-22(21)2)30-38(33,34)26-14-10-25(11-15-26)37-20-28(32)29-19-23-7-12-27(13-8-23)39(35,36)31-16-4-3-5-17-31/h6-15,18,30H,3-5,16-17,19-20H2,1-2H3,(H,29,32). The average Bonchev–Trinajstić information content (AvgIpc) is 2.93. The summed E-state index contributed by atoms with van der Waals surface area (Å²) in [5.41, 5.74) is 3.29. The van der Waals surface area contributed by atoms with Gasteiger partial charge in [0.2, 0.25) is 10.0 Å². The summed E-state index contributed by atoms with van der Waals surface area (Å²) in [6.45, 7) is 4.91. The van der Waals surface area contributed by atoms with Crippen LogP contribution in [0.5, 0.6) is 5.75 Å². The maximum Gasteiger partial charge on any atom is 0.261 e. The lowest BCUT2D eigenvalue weighted by atomic mass is 10.1. The van der Waals surface area contributed by atoms with Gasteiger partial charge in [0, 0.05) is 25.3 Å². The molecule has 0 radical (unpaired) electrons. The van der Waals surface area contributed by atoms with Crippen molar-refractivity contribution in [1.82, 2.24) is 9.62 Å². The van der Waals surface area contributed by atoms with E-state index in [1.807, 2.05) is 19.9 Å². The van der Waals surface area contributed by atoms with Gasteiger partial charge in [-0.25, -0.2) is 16.8 Å². The van der Waals surface area contributed by atoms with Crippen molar-refractivity contribution in [2.75, 3.05) is 24.4 Å². The van der Waals surface area contributed by atoms with Crippen LogP contribution < -0.4 is 14.8 Å². The van der Waals surface area contributed by atoms with E-state index >= 15 is 0 Å². The molecule has 39 heavy (non-hydrogen) atoms. The summed E-state index contributed by atoms with van der Waals surface area (Å²) in [5.74, 6) is -0.0179. The molecule has 0 bridgehead atoms. The number of aryl methyl sites for hydroxylation is 2. The van der Waals surface area contributed by atoms with Crippen LogP contribution in [0.4, 0.5) is 5.69 Å². The number of nitrogens with one attached hydrogen (secondary N) is 2. The Kier molecular flexibility index (Phi) is 8.94. The molecule has 1 heterocycles. The summed E-state index contributed by atoms with van der Waals surface area (Å²) in [6.07, 6.45) is 2.80. The molecule has 1 amide bonds. The first-order valence-electron chi connectivity index (χ1n) is 12.7. The minimum Gasteiger partial charge on any atom is -0.484 e. The molecule has 0 aromatic heterocycles. The van der Waals surface area contributed by atoms with Crippen molar-refractivity contribution < 1.29 is 26.4 Å². The number of rotatable bonds is 10. The molecule has 0 spiro atoms. The van der Waals surface area contributed by atoms with Gasteiger partial charge in [0.05, 0.1) is 9.79 Å². The van der Waals surface area contributed by atoms with E-state index in [1.54, 1.807) is 36.4 Å². The lowest BCUT2D eigenvalue weighted by molar-refractivity contribution is -0.123. The van der Waals surface area contributed by atoms with Crippen LogP contribution in [0.1, 0.15) is 36.0 Å². The molecule has 1 saturated heterocycles. The third-order valence-corrected chi connectivity index (χ3v) is 9.94. The number of carbonyl (C=O) groups is 1. The Morgan fingerprint density at radius 2 is 1.46 bits per heavy atom. The molecule has 4 rings (SSSR count). The van der Waals surface area contributed by atoms with Crippen molar-refractivity contribution in [2.24, 2.45) is 0 Å². The van der Waals surface area contributed by atoms with Gasteiger partial charge in [0.25, 0.3) is 15.9 Å². The quantitative estimate of drug-likeness (QED) is 0.380. The van der Waals surface area contributed by atoms with E-state index in [-0.39, 0.29) is 28.8 Å². The Labute approximate surface area is 230 Å². The number of hydrogen-bond acceptors (Lipinski definition) is 6. The van der Waals surface area contributed by atoms with Crippen molar-refractivity contribution >= 4 is 31.6 Å². The van der Waals surface area contributed by atoms with E-state index in [4.69, 9.17) is 4.74 Å². The maximum absolute atomic E-state index is 12.8. The smallest absolute Gasteiger partial charge is 0.261 e. The monoisotopic (exact) mass is 571 g/mol. The first kappa shape index (κ1) is 28.6. The molecule has 3 aromatic rings. The van der Waals surface area contributed by atoms with Gasteiger partial charge >= 0.3 is 0 Å². The van der Waals surface area contributed by atoms with Crippen LogP contribution in [-0.4, -0.2) is 46.7 Å². The molecule has 1 fully saturated rings. The molecular weight excluding hydrogens is 538 g/mol. The number of benzene rings is 3. The van der Waals surface area contributed by atoms with E-state index in [1.165, 1.54) is 28.6 Å². The number of anilines is 1. The van der Waals surface area contributed by atoms with Crippen LogP contribution in [0.3, 0.4) is 0 Å². The van der Waals surface area contributed by atoms with Crippen LogP contribution in [0.25, 0.3) is 0 Å². The van der Waals surface area contributed by atoms with E-state index in [0.29, 0.717) is 24.5 Å². The second-order valence-corrected chi connectivity index (χ2v) is 13.2. The zero-order valence-electron chi connectivity index (χ0n) is 22.0. The summed E-state index contributed by atoms with van der Waals surface area (Å²) in [6, 6.07) is 17.6. The Hall–Kier alpha value is -3.41. The molecule has 1 aliphatic rings. The van der Waals surface area contributed by atoms with Gasteiger partial charge in [0.1, 0.15) is 5.75 Å². The molecule has 1 aliphatic heterocycles. The first-order chi connectivity index (χ1) is 18.5. The predicted octanol–water partition coefficient (Wildman–Crippen LogP) is 3.97. The van der Waals surface area contributed by atoms with Gasteiger partial charge in [0.15, 0.2) is 6.61 Å². The van der Waals surface area contributed by atoms with E-state index < -0.39 is 20.0 Å². The van der Waals surface area contributed by atoms with Crippen LogP contribution in [0, 0.1) is 13.8 Å². The fourth-order valence-electron chi connectivity index (χ4n) is 4.17. The van der Waals surface area contributed by atoms with E-state index in [0.717, 1.165) is 36.0 Å². The average molecular weight is 572 g/mol. The third kappa shape index (κ3) is 7.37. The summed E-state index contributed by atoms with van der Waals surface area (Å²) < 4.78 is 60.5.